The molecule has 3 rings (SSSR count). The summed E-state index contributed by atoms with van der Waals surface area (Å²) in [6.45, 7) is 2.43. The van der Waals surface area contributed by atoms with E-state index in [1.807, 2.05) is 37.3 Å². The molecule has 1 atom stereocenters. The van der Waals surface area contributed by atoms with E-state index in [9.17, 15) is 14.0 Å². The maximum Gasteiger partial charge on any atom is 0.243 e. The van der Waals surface area contributed by atoms with Gasteiger partial charge in [-0.2, -0.15) is 0 Å². The summed E-state index contributed by atoms with van der Waals surface area (Å²) >= 11 is 12.1. The Kier molecular flexibility index (Phi) is 8.87. The predicted molar refractivity (Wildman–Crippen MR) is 130 cm³/mol. The first-order valence-corrected chi connectivity index (χ1v) is 11.4. The smallest absolute Gasteiger partial charge is 0.243 e. The van der Waals surface area contributed by atoms with Gasteiger partial charge in [0, 0.05) is 19.5 Å². The maximum atomic E-state index is 13.5. The van der Waals surface area contributed by atoms with Crippen molar-refractivity contribution < 1.29 is 14.0 Å². The lowest BCUT2D eigenvalue weighted by Gasteiger charge is -2.31. The minimum absolute atomic E-state index is 0.0444. The molecule has 0 fully saturated rings. The third-order valence-corrected chi connectivity index (χ3v) is 5.97. The Balaban J connectivity index is 1.95. The summed E-state index contributed by atoms with van der Waals surface area (Å²) in [6, 6.07) is 19.7. The average Bonchev–Trinajstić information content (AvgIpc) is 2.80. The summed E-state index contributed by atoms with van der Waals surface area (Å²) < 4.78 is 13.4. The first-order valence-electron chi connectivity index (χ1n) is 10.7. The molecule has 2 amide bonds. The van der Waals surface area contributed by atoms with E-state index in [1.54, 1.807) is 35.2 Å². The van der Waals surface area contributed by atoms with E-state index in [-0.39, 0.29) is 30.6 Å². The fraction of sp³-hybridized carbons (Fsp3) is 0.231. The molecule has 7 heteroatoms. The summed E-state index contributed by atoms with van der Waals surface area (Å²) in [5.41, 5.74) is 2.34. The van der Waals surface area contributed by atoms with Crippen molar-refractivity contribution in [2.24, 2.45) is 0 Å². The van der Waals surface area contributed by atoms with Crippen LogP contribution in [0.2, 0.25) is 10.0 Å². The van der Waals surface area contributed by atoms with Crippen molar-refractivity contribution in [2.45, 2.75) is 32.4 Å². The van der Waals surface area contributed by atoms with Gasteiger partial charge in [-0.15, -0.1) is 0 Å². The molecule has 0 aliphatic rings. The molecule has 3 aromatic carbocycles. The Labute approximate surface area is 203 Å². The van der Waals surface area contributed by atoms with Gasteiger partial charge in [-0.1, -0.05) is 71.7 Å². The largest absolute Gasteiger partial charge is 0.355 e. The highest BCUT2D eigenvalue weighted by Gasteiger charge is 2.30. The summed E-state index contributed by atoms with van der Waals surface area (Å²) in [5, 5.41) is 3.61. The fourth-order valence-corrected chi connectivity index (χ4v) is 3.88. The van der Waals surface area contributed by atoms with Crippen LogP contribution in [0.5, 0.6) is 0 Å². The highest BCUT2D eigenvalue weighted by Crippen LogP contribution is 2.24. The third kappa shape index (κ3) is 7.04. The first kappa shape index (κ1) is 24.7. The number of benzene rings is 3. The van der Waals surface area contributed by atoms with Gasteiger partial charge >= 0.3 is 0 Å². The molecule has 0 aliphatic heterocycles. The minimum atomic E-state index is -0.743. The lowest BCUT2D eigenvalue weighted by atomic mass is 10.0. The van der Waals surface area contributed by atoms with Gasteiger partial charge in [0.05, 0.1) is 16.5 Å². The van der Waals surface area contributed by atoms with Crippen LogP contribution in [-0.4, -0.2) is 29.3 Å². The van der Waals surface area contributed by atoms with Crippen molar-refractivity contribution >= 4 is 35.0 Å². The number of hydrogen-bond donors (Lipinski definition) is 1. The maximum absolute atomic E-state index is 13.5. The van der Waals surface area contributed by atoms with Crippen LogP contribution in [0.15, 0.2) is 72.8 Å². The van der Waals surface area contributed by atoms with Crippen molar-refractivity contribution in [1.29, 1.82) is 0 Å². The molecule has 0 aliphatic carbocycles. The van der Waals surface area contributed by atoms with Gasteiger partial charge in [0.15, 0.2) is 0 Å². The van der Waals surface area contributed by atoms with Crippen LogP contribution >= 0.6 is 23.2 Å². The van der Waals surface area contributed by atoms with Gasteiger partial charge in [0.25, 0.3) is 0 Å². The molecule has 33 heavy (non-hydrogen) atoms. The first-order chi connectivity index (χ1) is 15.9. The van der Waals surface area contributed by atoms with Gasteiger partial charge in [-0.25, -0.2) is 4.39 Å². The number of halogens is 3. The van der Waals surface area contributed by atoms with Crippen molar-refractivity contribution in [3.05, 3.63) is 105 Å². The molecule has 0 heterocycles. The summed E-state index contributed by atoms with van der Waals surface area (Å²) in [4.78, 5) is 28.2. The second kappa shape index (κ2) is 11.8. The Hall–Kier alpha value is -2.89. The van der Waals surface area contributed by atoms with Gasteiger partial charge in [-0.05, 0) is 47.9 Å². The number of likely N-dealkylation sites (N-methyl/N-ethyl adjacent to an activating group) is 1. The van der Waals surface area contributed by atoms with Gasteiger partial charge in [0.2, 0.25) is 11.8 Å². The molecule has 4 nitrogen and oxygen atoms in total. The topological polar surface area (TPSA) is 49.4 Å². The SMILES string of the molecule is CCNC(=O)[C@H](Cc1ccccc1)N(Cc1ccc(F)cc1)C(=O)Cc1ccc(Cl)c(Cl)c1. The average molecular weight is 487 g/mol. The van der Waals surface area contributed by atoms with E-state index in [0.717, 1.165) is 11.1 Å². The predicted octanol–water partition coefficient (Wildman–Crippen LogP) is 5.45. The lowest BCUT2D eigenvalue weighted by Crippen LogP contribution is -2.50. The highest BCUT2D eigenvalue weighted by atomic mass is 35.5. The fourth-order valence-electron chi connectivity index (χ4n) is 3.56. The van der Waals surface area contributed by atoms with Crippen LogP contribution in [0.25, 0.3) is 0 Å². The second-order valence-electron chi connectivity index (χ2n) is 7.67. The van der Waals surface area contributed by atoms with Crippen molar-refractivity contribution in [3.63, 3.8) is 0 Å². The van der Waals surface area contributed by atoms with Gasteiger partial charge in [0.1, 0.15) is 11.9 Å². The zero-order valence-electron chi connectivity index (χ0n) is 18.2. The van der Waals surface area contributed by atoms with E-state index in [4.69, 9.17) is 23.2 Å². The van der Waals surface area contributed by atoms with Crippen LogP contribution in [0, 0.1) is 5.82 Å². The third-order valence-electron chi connectivity index (χ3n) is 5.23. The molecular formula is C26H25Cl2FN2O2. The molecule has 0 saturated heterocycles. The summed E-state index contributed by atoms with van der Waals surface area (Å²) in [7, 11) is 0. The van der Waals surface area contributed by atoms with Crippen LogP contribution in [0.1, 0.15) is 23.6 Å². The molecule has 0 aromatic heterocycles. The number of carbonyl (C=O) groups excluding carboxylic acids is 2. The molecule has 0 saturated carbocycles. The molecular weight excluding hydrogens is 462 g/mol. The number of nitrogens with one attached hydrogen (secondary N) is 1. The van der Waals surface area contributed by atoms with E-state index in [1.165, 1.54) is 12.1 Å². The van der Waals surface area contributed by atoms with E-state index >= 15 is 0 Å². The molecule has 0 spiro atoms. The minimum Gasteiger partial charge on any atom is -0.355 e. The second-order valence-corrected chi connectivity index (χ2v) is 8.49. The molecule has 1 N–H and O–H groups in total. The zero-order chi connectivity index (χ0) is 23.8. The molecule has 0 unspecified atom stereocenters. The Bertz CT molecular complexity index is 1090. The highest BCUT2D eigenvalue weighted by molar-refractivity contribution is 6.42. The van der Waals surface area contributed by atoms with Crippen LogP contribution in [0.4, 0.5) is 4.39 Å². The zero-order valence-corrected chi connectivity index (χ0v) is 19.7. The van der Waals surface area contributed by atoms with Crippen LogP contribution < -0.4 is 5.32 Å². The number of hydrogen-bond acceptors (Lipinski definition) is 2. The normalized spacial score (nSPS) is 11.6. The number of carbonyl (C=O) groups is 2. The Morgan fingerprint density at radius 3 is 2.21 bits per heavy atom. The van der Waals surface area contributed by atoms with Crippen molar-refractivity contribution in [3.8, 4) is 0 Å². The van der Waals surface area contributed by atoms with E-state index in [0.29, 0.717) is 28.6 Å². The molecule has 172 valence electrons. The molecule has 0 radical (unpaired) electrons. The quantitative estimate of drug-likeness (QED) is 0.437. The number of nitrogens with zero attached hydrogens (tertiary/aromatic N) is 1. The molecule has 3 aromatic rings. The monoisotopic (exact) mass is 486 g/mol. The van der Waals surface area contributed by atoms with Crippen molar-refractivity contribution in [1.82, 2.24) is 10.2 Å². The number of rotatable bonds is 9. The van der Waals surface area contributed by atoms with E-state index in [2.05, 4.69) is 5.32 Å². The molecule has 0 bridgehead atoms. The number of amides is 2. The van der Waals surface area contributed by atoms with E-state index < -0.39 is 6.04 Å². The lowest BCUT2D eigenvalue weighted by molar-refractivity contribution is -0.140. The summed E-state index contributed by atoms with van der Waals surface area (Å²) in [5.74, 6) is -0.854. The van der Waals surface area contributed by atoms with Gasteiger partial charge < -0.3 is 10.2 Å². The van der Waals surface area contributed by atoms with Crippen molar-refractivity contribution in [2.75, 3.05) is 6.54 Å². The van der Waals surface area contributed by atoms with Crippen LogP contribution in [0.3, 0.4) is 0 Å². The standard InChI is InChI=1S/C26H25Cl2FN2O2/c1-2-30-26(33)24(15-18-6-4-3-5-7-18)31(17-19-8-11-21(29)12-9-19)25(32)16-20-10-13-22(27)23(28)14-20/h3-14,24H,2,15-17H2,1H3,(H,30,33)/t24-/m0/s1. The Morgan fingerprint density at radius 1 is 0.909 bits per heavy atom. The summed E-state index contributed by atoms with van der Waals surface area (Å²) in [6.07, 6.45) is 0.393. The Morgan fingerprint density at radius 2 is 1.58 bits per heavy atom. The van der Waals surface area contributed by atoms with Gasteiger partial charge in [-0.3, -0.25) is 9.59 Å². The van der Waals surface area contributed by atoms with Crippen LogP contribution in [-0.2, 0) is 29.0 Å².